The van der Waals surface area contributed by atoms with E-state index >= 15 is 0 Å². The molecule has 3 rings (SSSR count). The van der Waals surface area contributed by atoms with Crippen molar-refractivity contribution in [2.24, 2.45) is 0 Å². The van der Waals surface area contributed by atoms with Gasteiger partial charge in [-0.25, -0.2) is 0 Å². The molecule has 0 nitrogen and oxygen atoms in total. The molecule has 34 heavy (non-hydrogen) atoms. The van der Waals surface area contributed by atoms with E-state index in [-0.39, 0.29) is 0 Å². The van der Waals surface area contributed by atoms with Crippen molar-refractivity contribution in [1.29, 1.82) is 0 Å². The summed E-state index contributed by atoms with van der Waals surface area (Å²) in [5, 5.41) is 1.32. The molecular formula is C31H39BrClP. The maximum absolute atomic E-state index is 5.76. The van der Waals surface area contributed by atoms with E-state index in [4.69, 9.17) is 11.6 Å². The Morgan fingerprint density at radius 1 is 0.529 bits per heavy atom. The zero-order chi connectivity index (χ0) is 24.0. The van der Waals surface area contributed by atoms with Gasteiger partial charge in [-0.3, -0.25) is 0 Å². The van der Waals surface area contributed by atoms with Crippen LogP contribution in [0.1, 0.15) is 57.8 Å². The summed E-state index contributed by atoms with van der Waals surface area (Å²) in [5.41, 5.74) is 0. The van der Waals surface area contributed by atoms with Gasteiger partial charge in [0, 0.05) is 5.88 Å². The van der Waals surface area contributed by atoms with E-state index in [9.17, 15) is 0 Å². The van der Waals surface area contributed by atoms with Crippen LogP contribution in [0.4, 0.5) is 0 Å². The SMILES string of the molecule is ClCCCCCCCCCCC=CCP(Br)(c1ccccc1)(c1ccccc1)c1ccccc1. The fourth-order valence-corrected chi connectivity index (χ4v) is 12.1. The van der Waals surface area contributed by atoms with Gasteiger partial charge in [-0.15, -0.1) is 11.6 Å². The molecule has 3 heteroatoms. The normalized spacial score (nSPS) is 13.1. The number of rotatable bonds is 15. The summed E-state index contributed by atoms with van der Waals surface area (Å²) in [6.45, 7) is 0. The molecule has 0 atom stereocenters. The van der Waals surface area contributed by atoms with Crippen molar-refractivity contribution in [2.45, 2.75) is 57.8 Å². The number of allylic oxidation sites excluding steroid dienone is 2. The van der Waals surface area contributed by atoms with Crippen LogP contribution in [0.25, 0.3) is 0 Å². The Labute approximate surface area is 220 Å². The summed E-state index contributed by atoms with van der Waals surface area (Å²) in [4.78, 5) is 0. The zero-order valence-electron chi connectivity index (χ0n) is 20.3. The van der Waals surface area contributed by atoms with Crippen LogP contribution in [0, 0.1) is 0 Å². The number of unbranched alkanes of at least 4 members (excludes halogenated alkanes) is 8. The van der Waals surface area contributed by atoms with Crippen molar-refractivity contribution in [2.75, 3.05) is 12.0 Å². The van der Waals surface area contributed by atoms with Crippen LogP contribution in [-0.4, -0.2) is 12.0 Å². The average Bonchev–Trinajstić information content (AvgIpc) is 2.91. The summed E-state index contributed by atoms with van der Waals surface area (Å²) in [6, 6.07) is 33.2. The first-order valence-corrected chi connectivity index (χ1v) is 17.8. The molecule has 0 saturated carbocycles. The molecule has 0 fully saturated rings. The monoisotopic (exact) mass is 556 g/mol. The molecule has 0 amide bonds. The Morgan fingerprint density at radius 3 is 1.32 bits per heavy atom. The third-order valence-electron chi connectivity index (χ3n) is 6.75. The molecule has 3 aromatic carbocycles. The van der Waals surface area contributed by atoms with Crippen LogP contribution in [-0.2, 0) is 0 Å². The van der Waals surface area contributed by atoms with Gasteiger partial charge in [0.1, 0.15) is 0 Å². The molecule has 0 radical (unpaired) electrons. The molecule has 0 bridgehead atoms. The van der Waals surface area contributed by atoms with Gasteiger partial charge < -0.3 is 0 Å². The zero-order valence-corrected chi connectivity index (χ0v) is 23.5. The molecule has 3 aromatic rings. The Kier molecular flexibility index (Phi) is 11.4. The van der Waals surface area contributed by atoms with Crippen LogP contribution in [0.5, 0.6) is 0 Å². The van der Waals surface area contributed by atoms with E-state index in [1.165, 1.54) is 67.3 Å². The summed E-state index contributed by atoms with van der Waals surface area (Å²) in [5.74, 6) is 0.809. The van der Waals surface area contributed by atoms with Gasteiger partial charge >= 0.3 is 204 Å². The summed E-state index contributed by atoms with van der Waals surface area (Å²) in [7, 11) is 0. The topological polar surface area (TPSA) is 0 Å². The number of halogens is 2. The van der Waals surface area contributed by atoms with Crippen molar-refractivity contribution in [3.63, 3.8) is 0 Å². The number of alkyl halides is 1. The molecular weight excluding hydrogens is 519 g/mol. The van der Waals surface area contributed by atoms with Gasteiger partial charge in [-0.05, 0) is 0 Å². The van der Waals surface area contributed by atoms with Crippen molar-refractivity contribution in [1.82, 2.24) is 0 Å². The summed E-state index contributed by atoms with van der Waals surface area (Å²) in [6.07, 6.45) is 17.4. The van der Waals surface area contributed by atoms with Crippen LogP contribution in [0.15, 0.2) is 103 Å². The maximum atomic E-state index is 5.76. The summed E-state index contributed by atoms with van der Waals surface area (Å²) < 4.78 is 0. The van der Waals surface area contributed by atoms with Gasteiger partial charge in [0.15, 0.2) is 0 Å². The molecule has 0 heterocycles. The molecule has 0 aliphatic carbocycles. The Morgan fingerprint density at radius 2 is 0.912 bits per heavy atom. The fourth-order valence-electron chi connectivity index (χ4n) is 4.79. The van der Waals surface area contributed by atoms with E-state index < -0.39 is 5.31 Å². The third kappa shape index (κ3) is 6.84. The van der Waals surface area contributed by atoms with Gasteiger partial charge in [0.25, 0.3) is 0 Å². The Hall–Kier alpha value is -1.40. The van der Waals surface area contributed by atoms with Gasteiger partial charge in [-0.2, -0.15) is 0 Å². The Bertz CT molecular complexity index is 873. The minimum absolute atomic E-state index is 0.809. The minimum atomic E-state index is -2.82. The Balaban J connectivity index is 1.72. The van der Waals surface area contributed by atoms with Gasteiger partial charge in [-0.1, -0.05) is 0 Å². The first kappa shape index (κ1) is 27.2. The second kappa shape index (κ2) is 14.2. The first-order chi connectivity index (χ1) is 16.7. The second-order valence-corrected chi connectivity index (χ2v) is 18.5. The molecule has 0 N–H and O–H groups in total. The van der Waals surface area contributed by atoms with E-state index in [1.54, 1.807) is 0 Å². The van der Waals surface area contributed by atoms with Crippen molar-refractivity contribution in [3.05, 3.63) is 103 Å². The van der Waals surface area contributed by atoms with Crippen LogP contribution in [0.2, 0.25) is 0 Å². The van der Waals surface area contributed by atoms with E-state index in [2.05, 4.69) is 119 Å². The van der Waals surface area contributed by atoms with Gasteiger partial charge in [0.2, 0.25) is 0 Å². The van der Waals surface area contributed by atoms with E-state index in [1.807, 2.05) is 0 Å². The number of benzene rings is 3. The molecule has 0 aliphatic rings. The molecule has 0 aliphatic heterocycles. The number of hydrogen-bond donors (Lipinski definition) is 0. The summed E-state index contributed by atoms with van der Waals surface area (Å²) >= 11 is 10.3. The molecule has 0 aromatic heterocycles. The molecule has 0 spiro atoms. The first-order valence-electron chi connectivity index (χ1n) is 12.8. The van der Waals surface area contributed by atoms with Crippen LogP contribution >= 0.6 is 32.4 Å². The van der Waals surface area contributed by atoms with Gasteiger partial charge in [0.05, 0.1) is 0 Å². The molecule has 182 valence electrons. The van der Waals surface area contributed by atoms with Crippen LogP contribution in [0.3, 0.4) is 0 Å². The molecule has 0 saturated heterocycles. The van der Waals surface area contributed by atoms with E-state index in [0.717, 1.165) is 18.5 Å². The second-order valence-electron chi connectivity index (χ2n) is 9.15. The van der Waals surface area contributed by atoms with E-state index in [0.29, 0.717) is 0 Å². The standard InChI is InChI=1S/C31H39BrClP/c32-34(29-21-13-10-14-22-29,30-23-15-11-16-24-30,31-25-17-12-18-26-31)28-20-9-7-5-3-1-2-4-6-8-19-27-33/h9-18,20-26H,1-8,19,27-28H2. The van der Waals surface area contributed by atoms with Crippen molar-refractivity contribution >= 4 is 48.3 Å². The fraction of sp³-hybridized carbons (Fsp3) is 0.355. The van der Waals surface area contributed by atoms with Crippen molar-refractivity contribution < 1.29 is 0 Å². The quantitative estimate of drug-likeness (QED) is 0.0756. The third-order valence-corrected chi connectivity index (χ3v) is 16.6. The predicted octanol–water partition coefficient (Wildman–Crippen LogP) is 9.13. The molecule has 0 unspecified atom stereocenters. The van der Waals surface area contributed by atoms with Crippen molar-refractivity contribution in [3.8, 4) is 0 Å². The predicted molar refractivity (Wildman–Crippen MR) is 160 cm³/mol. The van der Waals surface area contributed by atoms with Crippen LogP contribution < -0.4 is 15.9 Å². The average molecular weight is 558 g/mol. The number of hydrogen-bond acceptors (Lipinski definition) is 0.